The number of benzene rings is 1. The van der Waals surface area contributed by atoms with Crippen molar-refractivity contribution in [3.63, 3.8) is 0 Å². The van der Waals surface area contributed by atoms with E-state index < -0.39 is 17.3 Å². The average molecular weight is 281 g/mol. The summed E-state index contributed by atoms with van der Waals surface area (Å²) < 4.78 is 19.6. The van der Waals surface area contributed by atoms with Crippen LogP contribution in [-0.2, 0) is 10.3 Å². The van der Waals surface area contributed by atoms with Crippen LogP contribution in [0.15, 0.2) is 18.2 Å². The third kappa shape index (κ3) is 2.63. The summed E-state index contributed by atoms with van der Waals surface area (Å²) in [6.07, 6.45) is 1.86. The Hall–Kier alpha value is -1.62. The van der Waals surface area contributed by atoms with Gasteiger partial charge in [-0.3, -0.25) is 9.69 Å². The van der Waals surface area contributed by atoms with E-state index in [0.29, 0.717) is 11.3 Å². The molecule has 0 radical (unpaired) electrons. The zero-order valence-corrected chi connectivity index (χ0v) is 11.9. The van der Waals surface area contributed by atoms with Gasteiger partial charge in [0.1, 0.15) is 11.6 Å². The smallest absolute Gasteiger partial charge is 0.305 e. The van der Waals surface area contributed by atoms with Crippen molar-refractivity contribution in [1.82, 2.24) is 4.90 Å². The van der Waals surface area contributed by atoms with E-state index in [0.717, 1.165) is 25.9 Å². The standard InChI is InChI=1S/C15H20FNO3/c1-15(10-13(18)19,17-8-3-4-9-17)14-11(16)6-5-7-12(14)20-2/h5-7H,3-4,8-10H2,1-2H3,(H,18,19). The molecule has 5 heteroatoms. The Labute approximate surface area is 118 Å². The normalized spacial score (nSPS) is 18.8. The third-order valence-corrected chi connectivity index (χ3v) is 4.03. The summed E-state index contributed by atoms with van der Waals surface area (Å²) in [5.74, 6) is -0.953. The van der Waals surface area contributed by atoms with Gasteiger partial charge in [0.15, 0.2) is 0 Å². The van der Waals surface area contributed by atoms with Crippen LogP contribution in [0, 0.1) is 5.82 Å². The molecule has 110 valence electrons. The Morgan fingerprint density at radius 3 is 2.65 bits per heavy atom. The maximum atomic E-state index is 14.3. The number of carbonyl (C=O) groups is 1. The largest absolute Gasteiger partial charge is 0.496 e. The van der Waals surface area contributed by atoms with Crippen molar-refractivity contribution in [3.05, 3.63) is 29.6 Å². The Bertz CT molecular complexity index is 500. The number of hydrogen-bond donors (Lipinski definition) is 1. The second-order valence-electron chi connectivity index (χ2n) is 5.36. The van der Waals surface area contributed by atoms with Crippen molar-refractivity contribution in [3.8, 4) is 5.75 Å². The fraction of sp³-hybridized carbons (Fsp3) is 0.533. The number of likely N-dealkylation sites (tertiary alicyclic amines) is 1. The minimum absolute atomic E-state index is 0.149. The average Bonchev–Trinajstić information content (AvgIpc) is 2.91. The molecule has 1 N–H and O–H groups in total. The quantitative estimate of drug-likeness (QED) is 0.901. The van der Waals surface area contributed by atoms with Crippen LogP contribution in [-0.4, -0.2) is 36.2 Å². The molecule has 1 fully saturated rings. The summed E-state index contributed by atoms with van der Waals surface area (Å²) in [4.78, 5) is 13.3. The van der Waals surface area contributed by atoms with Gasteiger partial charge in [0.25, 0.3) is 0 Å². The lowest BCUT2D eigenvalue weighted by Gasteiger charge is -2.39. The Kier molecular flexibility index (Phi) is 4.28. The van der Waals surface area contributed by atoms with Crippen LogP contribution >= 0.6 is 0 Å². The minimum atomic E-state index is -0.940. The molecule has 1 aliphatic heterocycles. The lowest BCUT2D eigenvalue weighted by Crippen LogP contribution is -2.44. The second-order valence-corrected chi connectivity index (χ2v) is 5.36. The maximum Gasteiger partial charge on any atom is 0.305 e. The van der Waals surface area contributed by atoms with Crippen LogP contribution in [0.5, 0.6) is 5.75 Å². The molecule has 1 heterocycles. The van der Waals surface area contributed by atoms with Gasteiger partial charge in [-0.1, -0.05) is 6.07 Å². The molecule has 0 bridgehead atoms. The molecule has 1 unspecified atom stereocenters. The molecule has 0 amide bonds. The minimum Gasteiger partial charge on any atom is -0.496 e. The van der Waals surface area contributed by atoms with Crippen LogP contribution in [0.4, 0.5) is 4.39 Å². The van der Waals surface area contributed by atoms with Crippen molar-refractivity contribution >= 4 is 5.97 Å². The first-order valence-electron chi connectivity index (χ1n) is 6.79. The number of nitrogens with zero attached hydrogens (tertiary/aromatic N) is 1. The summed E-state index contributed by atoms with van der Waals surface area (Å²) in [7, 11) is 1.48. The van der Waals surface area contributed by atoms with Crippen molar-refractivity contribution in [1.29, 1.82) is 0 Å². The number of ether oxygens (including phenoxy) is 1. The van der Waals surface area contributed by atoms with Crippen LogP contribution in [0.1, 0.15) is 31.7 Å². The number of rotatable bonds is 5. The maximum absolute atomic E-state index is 14.3. The van der Waals surface area contributed by atoms with E-state index in [9.17, 15) is 14.3 Å². The van der Waals surface area contributed by atoms with E-state index in [1.165, 1.54) is 13.2 Å². The van der Waals surface area contributed by atoms with Crippen LogP contribution in [0.3, 0.4) is 0 Å². The number of carboxylic acids is 1. The Morgan fingerprint density at radius 1 is 1.45 bits per heavy atom. The van der Waals surface area contributed by atoms with E-state index in [1.807, 2.05) is 4.90 Å². The van der Waals surface area contributed by atoms with Gasteiger partial charge >= 0.3 is 5.97 Å². The number of halogens is 1. The molecule has 0 saturated carbocycles. The Balaban J connectivity index is 2.53. The van der Waals surface area contributed by atoms with Gasteiger partial charge < -0.3 is 9.84 Å². The second kappa shape index (κ2) is 5.79. The predicted molar refractivity (Wildman–Crippen MR) is 73.4 cm³/mol. The Morgan fingerprint density at radius 2 is 2.10 bits per heavy atom. The van der Waals surface area contributed by atoms with E-state index >= 15 is 0 Å². The molecule has 4 nitrogen and oxygen atoms in total. The molecule has 1 aliphatic rings. The molecule has 0 spiro atoms. The molecule has 1 aromatic rings. The van der Waals surface area contributed by atoms with Crippen LogP contribution < -0.4 is 4.74 Å². The third-order valence-electron chi connectivity index (χ3n) is 4.03. The van der Waals surface area contributed by atoms with Gasteiger partial charge in [-0.2, -0.15) is 0 Å². The van der Waals surface area contributed by atoms with Crippen molar-refractivity contribution in [2.75, 3.05) is 20.2 Å². The van der Waals surface area contributed by atoms with Crippen LogP contribution in [0.2, 0.25) is 0 Å². The number of methoxy groups -OCH3 is 1. The van der Waals surface area contributed by atoms with E-state index in [1.54, 1.807) is 19.1 Å². The monoisotopic (exact) mass is 281 g/mol. The highest BCUT2D eigenvalue weighted by atomic mass is 19.1. The molecule has 0 aromatic heterocycles. The van der Waals surface area contributed by atoms with Gasteiger partial charge in [0.2, 0.25) is 0 Å². The first kappa shape index (κ1) is 14.8. The lowest BCUT2D eigenvalue weighted by molar-refractivity contribution is -0.140. The summed E-state index contributed by atoms with van der Waals surface area (Å²) in [5.41, 5.74) is -0.550. The fourth-order valence-electron chi connectivity index (χ4n) is 3.06. The predicted octanol–water partition coefficient (Wildman–Crippen LogP) is 2.62. The first-order valence-corrected chi connectivity index (χ1v) is 6.79. The number of aliphatic carboxylic acids is 1. The number of carboxylic acid groups (broad SMARTS) is 1. The van der Waals surface area contributed by atoms with Crippen molar-refractivity contribution in [2.45, 2.75) is 31.7 Å². The molecular formula is C15H20FNO3. The molecule has 2 rings (SSSR count). The van der Waals surface area contributed by atoms with E-state index in [-0.39, 0.29) is 6.42 Å². The van der Waals surface area contributed by atoms with Gasteiger partial charge in [-0.15, -0.1) is 0 Å². The summed E-state index contributed by atoms with van der Waals surface area (Å²) in [5, 5.41) is 9.24. The highest BCUT2D eigenvalue weighted by Gasteiger charge is 2.41. The summed E-state index contributed by atoms with van der Waals surface area (Å²) >= 11 is 0. The van der Waals surface area contributed by atoms with E-state index in [2.05, 4.69) is 0 Å². The topological polar surface area (TPSA) is 49.8 Å². The molecular weight excluding hydrogens is 261 g/mol. The van der Waals surface area contributed by atoms with E-state index in [4.69, 9.17) is 4.74 Å². The molecule has 1 aromatic carbocycles. The summed E-state index contributed by atoms with van der Waals surface area (Å²) in [6, 6.07) is 4.60. The molecule has 1 saturated heterocycles. The van der Waals surface area contributed by atoms with Gasteiger partial charge in [-0.05, 0) is 45.0 Å². The number of hydrogen-bond acceptors (Lipinski definition) is 3. The van der Waals surface area contributed by atoms with Gasteiger partial charge in [0.05, 0.1) is 24.6 Å². The lowest BCUT2D eigenvalue weighted by atomic mass is 9.85. The zero-order chi connectivity index (χ0) is 14.8. The molecule has 20 heavy (non-hydrogen) atoms. The zero-order valence-electron chi connectivity index (χ0n) is 11.9. The van der Waals surface area contributed by atoms with Crippen molar-refractivity contribution in [2.24, 2.45) is 0 Å². The van der Waals surface area contributed by atoms with Crippen molar-refractivity contribution < 1.29 is 19.0 Å². The van der Waals surface area contributed by atoms with Gasteiger partial charge in [0, 0.05) is 0 Å². The highest BCUT2D eigenvalue weighted by Crippen LogP contribution is 2.41. The van der Waals surface area contributed by atoms with Gasteiger partial charge in [-0.25, -0.2) is 4.39 Å². The molecule has 1 atom stereocenters. The molecule has 0 aliphatic carbocycles. The van der Waals surface area contributed by atoms with Crippen LogP contribution in [0.25, 0.3) is 0 Å². The SMILES string of the molecule is COc1cccc(F)c1C(C)(CC(=O)O)N1CCCC1. The summed E-state index contributed by atoms with van der Waals surface area (Å²) in [6.45, 7) is 3.34. The fourth-order valence-corrected chi connectivity index (χ4v) is 3.06. The highest BCUT2D eigenvalue weighted by molar-refractivity contribution is 5.69. The first-order chi connectivity index (χ1) is 9.49.